The lowest BCUT2D eigenvalue weighted by Crippen LogP contribution is -2.25. The topological polar surface area (TPSA) is 60.9 Å². The fourth-order valence-electron chi connectivity index (χ4n) is 3.64. The Hall–Kier alpha value is -2.62. The second-order valence-corrected chi connectivity index (χ2v) is 7.94. The predicted molar refractivity (Wildman–Crippen MR) is 112 cm³/mol. The zero-order valence-electron chi connectivity index (χ0n) is 17.1. The van der Waals surface area contributed by atoms with E-state index < -0.39 is 5.91 Å². The molecule has 1 unspecified atom stereocenters. The first-order chi connectivity index (χ1) is 12.7. The summed E-state index contributed by atoms with van der Waals surface area (Å²) in [5, 5.41) is 0. The van der Waals surface area contributed by atoms with Crippen molar-refractivity contribution in [2.24, 2.45) is 11.1 Å². The van der Waals surface area contributed by atoms with Crippen LogP contribution in [-0.4, -0.2) is 15.5 Å². The van der Waals surface area contributed by atoms with Crippen LogP contribution in [-0.2, 0) is 4.79 Å². The maximum Gasteiger partial charge on any atom is 0.241 e. The lowest BCUT2D eigenvalue weighted by molar-refractivity contribution is -0.113. The van der Waals surface area contributed by atoms with Crippen molar-refractivity contribution < 1.29 is 4.79 Å². The summed E-state index contributed by atoms with van der Waals surface area (Å²) in [4.78, 5) is 15.1. The summed E-state index contributed by atoms with van der Waals surface area (Å²) < 4.78 is 2.21. The highest BCUT2D eigenvalue weighted by Gasteiger charge is 2.32. The number of aromatic nitrogens is 2. The molecule has 1 aliphatic carbocycles. The Balaban J connectivity index is 2.21. The van der Waals surface area contributed by atoms with Gasteiger partial charge in [0.15, 0.2) is 0 Å². The number of carbonyl (C=O) groups is 1. The molecule has 1 aromatic heterocycles. The number of allylic oxidation sites excluding steroid dienone is 9. The van der Waals surface area contributed by atoms with Crippen LogP contribution in [0.2, 0.25) is 0 Å². The first kappa shape index (κ1) is 20.7. The Morgan fingerprint density at radius 3 is 2.67 bits per heavy atom. The second-order valence-electron chi connectivity index (χ2n) is 7.94. The Morgan fingerprint density at radius 2 is 2.04 bits per heavy atom. The van der Waals surface area contributed by atoms with Crippen LogP contribution < -0.4 is 5.73 Å². The maximum absolute atomic E-state index is 10.9. The minimum atomic E-state index is -0.424. The van der Waals surface area contributed by atoms with E-state index >= 15 is 0 Å². The SMILES string of the molecule is CC1=C(/C=C/C(C)=C/C=C/C(C)=C/C(N)=O)C(C)(C)CCC1n1ccnc1. The number of primary amides is 1. The summed E-state index contributed by atoms with van der Waals surface area (Å²) >= 11 is 0. The summed E-state index contributed by atoms with van der Waals surface area (Å²) in [6.07, 6.45) is 19.8. The average Bonchev–Trinajstić information content (AvgIpc) is 3.07. The van der Waals surface area contributed by atoms with Crippen molar-refractivity contribution in [2.75, 3.05) is 0 Å². The van der Waals surface area contributed by atoms with Crippen LogP contribution in [0.4, 0.5) is 0 Å². The van der Waals surface area contributed by atoms with Gasteiger partial charge >= 0.3 is 0 Å². The molecule has 2 rings (SSSR count). The van der Waals surface area contributed by atoms with E-state index in [9.17, 15) is 4.79 Å². The van der Waals surface area contributed by atoms with Gasteiger partial charge in [-0.2, -0.15) is 0 Å². The highest BCUT2D eigenvalue weighted by atomic mass is 16.1. The third-order valence-electron chi connectivity index (χ3n) is 5.18. The van der Waals surface area contributed by atoms with Crippen molar-refractivity contribution in [3.8, 4) is 0 Å². The molecule has 1 aromatic rings. The molecule has 0 fully saturated rings. The van der Waals surface area contributed by atoms with Gasteiger partial charge in [-0.25, -0.2) is 4.98 Å². The molecule has 144 valence electrons. The molecule has 4 heteroatoms. The van der Waals surface area contributed by atoms with Crippen molar-refractivity contribution in [1.29, 1.82) is 0 Å². The largest absolute Gasteiger partial charge is 0.366 e. The zero-order chi connectivity index (χ0) is 20.0. The molecule has 1 atom stereocenters. The molecule has 0 aliphatic heterocycles. The van der Waals surface area contributed by atoms with E-state index in [4.69, 9.17) is 5.73 Å². The number of imidazole rings is 1. The number of nitrogens with zero attached hydrogens (tertiary/aromatic N) is 2. The zero-order valence-corrected chi connectivity index (χ0v) is 17.1. The van der Waals surface area contributed by atoms with E-state index in [1.807, 2.05) is 43.9 Å². The van der Waals surface area contributed by atoms with Gasteiger partial charge in [0.1, 0.15) is 0 Å². The molecule has 1 aliphatic rings. The summed E-state index contributed by atoms with van der Waals surface area (Å²) in [6, 6.07) is 0.381. The molecule has 0 bridgehead atoms. The predicted octanol–water partition coefficient (Wildman–Crippen LogP) is 5.05. The van der Waals surface area contributed by atoms with Gasteiger partial charge in [-0.3, -0.25) is 4.79 Å². The van der Waals surface area contributed by atoms with Gasteiger partial charge in [-0.15, -0.1) is 0 Å². The van der Waals surface area contributed by atoms with Gasteiger partial charge in [0, 0.05) is 18.5 Å². The molecule has 1 heterocycles. The Labute approximate surface area is 162 Å². The standard InChI is InChI=1S/C23H31N3O/c1-17(7-6-8-18(2)15-22(24)27)9-10-20-19(3)21(11-12-23(20,4)5)26-14-13-25-16-26/h6-10,13-16,21H,11-12H2,1-5H3,(H2,24,27)/b8-6+,10-9+,17-7+,18-15+. The Bertz CT molecular complexity index is 818. The monoisotopic (exact) mass is 365 g/mol. The fourth-order valence-corrected chi connectivity index (χ4v) is 3.64. The Kier molecular flexibility index (Phi) is 6.78. The number of carbonyl (C=O) groups excluding carboxylic acids is 1. The van der Waals surface area contributed by atoms with E-state index in [-0.39, 0.29) is 5.41 Å². The van der Waals surface area contributed by atoms with Gasteiger partial charge < -0.3 is 10.3 Å². The Morgan fingerprint density at radius 1 is 1.30 bits per heavy atom. The van der Waals surface area contributed by atoms with Crippen LogP contribution in [0.3, 0.4) is 0 Å². The van der Waals surface area contributed by atoms with Crippen molar-refractivity contribution in [2.45, 2.75) is 53.5 Å². The number of hydrogen-bond donors (Lipinski definition) is 1. The lowest BCUT2D eigenvalue weighted by Gasteiger charge is -2.37. The van der Waals surface area contributed by atoms with Gasteiger partial charge in [0.25, 0.3) is 0 Å². The minimum absolute atomic E-state index is 0.161. The molecular weight excluding hydrogens is 334 g/mol. The number of nitrogens with two attached hydrogens (primary N) is 1. The van der Waals surface area contributed by atoms with E-state index in [2.05, 4.69) is 49.4 Å². The number of rotatable bonds is 6. The number of hydrogen-bond acceptors (Lipinski definition) is 2. The summed E-state index contributed by atoms with van der Waals surface area (Å²) in [7, 11) is 0. The molecule has 1 amide bonds. The van der Waals surface area contributed by atoms with Crippen LogP contribution in [0.1, 0.15) is 53.5 Å². The molecule has 0 spiro atoms. The fraction of sp³-hybridized carbons (Fsp3) is 0.391. The summed E-state index contributed by atoms with van der Waals surface area (Å²) in [5.41, 5.74) is 10.1. The normalized spacial score (nSPS) is 21.4. The highest BCUT2D eigenvalue weighted by molar-refractivity contribution is 5.86. The van der Waals surface area contributed by atoms with Gasteiger partial charge in [0.2, 0.25) is 5.91 Å². The van der Waals surface area contributed by atoms with Crippen molar-refractivity contribution in [3.63, 3.8) is 0 Å². The molecule has 4 nitrogen and oxygen atoms in total. The molecule has 0 saturated carbocycles. The molecule has 0 aromatic carbocycles. The second kappa shape index (κ2) is 8.85. The third kappa shape index (κ3) is 5.68. The van der Waals surface area contributed by atoms with Gasteiger partial charge in [-0.05, 0) is 55.7 Å². The van der Waals surface area contributed by atoms with Crippen LogP contribution in [0.25, 0.3) is 0 Å². The van der Waals surface area contributed by atoms with E-state index in [1.54, 1.807) is 0 Å². The first-order valence-electron chi connectivity index (χ1n) is 9.40. The molecule has 0 saturated heterocycles. The lowest BCUT2D eigenvalue weighted by atomic mass is 9.71. The van der Waals surface area contributed by atoms with E-state index in [0.29, 0.717) is 6.04 Å². The quantitative estimate of drug-likeness (QED) is 0.566. The first-order valence-corrected chi connectivity index (χ1v) is 9.40. The molecule has 0 radical (unpaired) electrons. The maximum atomic E-state index is 10.9. The van der Waals surface area contributed by atoms with E-state index in [0.717, 1.165) is 24.0 Å². The smallest absolute Gasteiger partial charge is 0.241 e. The van der Waals surface area contributed by atoms with Crippen LogP contribution in [0, 0.1) is 5.41 Å². The summed E-state index contributed by atoms with van der Waals surface area (Å²) in [5.74, 6) is -0.424. The molecule has 2 N–H and O–H groups in total. The van der Waals surface area contributed by atoms with Crippen molar-refractivity contribution in [1.82, 2.24) is 9.55 Å². The van der Waals surface area contributed by atoms with Crippen molar-refractivity contribution in [3.05, 3.63) is 77.5 Å². The van der Waals surface area contributed by atoms with Gasteiger partial charge in [-0.1, -0.05) is 49.8 Å². The van der Waals surface area contributed by atoms with Crippen LogP contribution in [0.5, 0.6) is 0 Å². The number of amides is 1. The van der Waals surface area contributed by atoms with E-state index in [1.165, 1.54) is 17.2 Å². The van der Waals surface area contributed by atoms with Crippen molar-refractivity contribution >= 4 is 5.91 Å². The van der Waals surface area contributed by atoms with Crippen LogP contribution >= 0.6 is 0 Å². The van der Waals surface area contributed by atoms with Gasteiger partial charge in [0.05, 0.1) is 12.4 Å². The highest BCUT2D eigenvalue weighted by Crippen LogP contribution is 2.45. The minimum Gasteiger partial charge on any atom is -0.366 e. The third-order valence-corrected chi connectivity index (χ3v) is 5.18. The average molecular weight is 366 g/mol. The van der Waals surface area contributed by atoms with Crippen LogP contribution in [0.15, 0.2) is 77.5 Å². The molecule has 27 heavy (non-hydrogen) atoms. The summed E-state index contributed by atoms with van der Waals surface area (Å²) in [6.45, 7) is 10.8. The molecular formula is C23H31N3O.